The van der Waals surface area contributed by atoms with Crippen LogP contribution < -0.4 is 21.7 Å². The molecule has 6 nitrogen and oxygen atoms in total. The van der Waals surface area contributed by atoms with E-state index in [-0.39, 0.29) is 32.7 Å². The fourth-order valence-electron chi connectivity index (χ4n) is 3.31. The zero-order chi connectivity index (χ0) is 19.4. The Bertz CT molecular complexity index is 846. The molecule has 0 amide bonds. The van der Waals surface area contributed by atoms with Crippen LogP contribution in [-0.4, -0.2) is 24.6 Å². The predicted octanol–water partition coefficient (Wildman–Crippen LogP) is 3.62. The number of hydrogen-bond acceptors (Lipinski definition) is 5. The van der Waals surface area contributed by atoms with E-state index in [4.69, 9.17) is 17.2 Å². The standard InChI is InChI=1S/C21H27N6.Y/c1-14-7-17(3-5-20(14)27-13-16(9-22)8-15(27)2)18-4-6-21(25-11-18)26-12-19(24)10-23;/h3-7,11-12,16,22H,2,8-10,13,23-24H2,1H3,(H,25,26);/q-1;/b19-12-;. The Morgan fingerprint density at radius 2 is 2.11 bits per heavy atom. The molecule has 2 aromatic rings. The molecule has 2 heterocycles. The summed E-state index contributed by atoms with van der Waals surface area (Å²) in [5.41, 5.74) is 25.0. The molecule has 1 aromatic heterocycles. The Balaban J connectivity index is 0.00000280. The van der Waals surface area contributed by atoms with Crippen LogP contribution in [0.2, 0.25) is 0 Å². The first-order valence-electron chi connectivity index (χ1n) is 9.10. The molecule has 1 aromatic carbocycles. The van der Waals surface area contributed by atoms with Gasteiger partial charge in [0.15, 0.2) is 0 Å². The largest absolute Gasteiger partial charge is 0.677 e. The van der Waals surface area contributed by atoms with Crippen LogP contribution in [0.5, 0.6) is 0 Å². The van der Waals surface area contributed by atoms with Gasteiger partial charge >= 0.3 is 0 Å². The number of allylic oxidation sites excluding steroid dienone is 1. The van der Waals surface area contributed by atoms with Gasteiger partial charge in [-0.1, -0.05) is 12.6 Å². The SMILES string of the molecule is C=C1CC(C[NH-])CN1c1ccc(-c2ccc(N/C=C(\N)CN)nc2)cc1C.[Y]. The molecule has 3 rings (SSSR count). The maximum atomic E-state index is 7.63. The molecular weight excluding hydrogens is 425 g/mol. The Labute approximate surface area is 192 Å². The summed E-state index contributed by atoms with van der Waals surface area (Å²) >= 11 is 0. The van der Waals surface area contributed by atoms with Crippen molar-refractivity contribution >= 4 is 11.5 Å². The topological polar surface area (TPSA) is 104 Å². The number of aryl methyl sites for hydroxylation is 1. The van der Waals surface area contributed by atoms with Crippen LogP contribution >= 0.6 is 0 Å². The van der Waals surface area contributed by atoms with E-state index < -0.39 is 0 Å². The number of anilines is 2. The van der Waals surface area contributed by atoms with E-state index >= 15 is 0 Å². The Morgan fingerprint density at radius 3 is 2.68 bits per heavy atom. The second-order valence-corrected chi connectivity index (χ2v) is 6.95. The van der Waals surface area contributed by atoms with Crippen molar-refractivity contribution in [3.8, 4) is 11.1 Å². The minimum Gasteiger partial charge on any atom is -0.677 e. The first-order valence-corrected chi connectivity index (χ1v) is 9.10. The van der Waals surface area contributed by atoms with Gasteiger partial charge in [0.05, 0.1) is 0 Å². The van der Waals surface area contributed by atoms with Crippen LogP contribution in [0, 0.1) is 12.8 Å². The Hall–Kier alpha value is -1.73. The molecule has 1 aliphatic rings. The van der Waals surface area contributed by atoms with Crippen molar-refractivity contribution in [1.82, 2.24) is 4.98 Å². The third-order valence-corrected chi connectivity index (χ3v) is 4.86. The number of nitrogens with two attached hydrogens (primary N) is 2. The van der Waals surface area contributed by atoms with E-state index in [1.54, 1.807) is 6.20 Å². The third-order valence-electron chi connectivity index (χ3n) is 4.86. The van der Waals surface area contributed by atoms with E-state index in [0.717, 1.165) is 35.6 Å². The number of pyridine rings is 1. The monoisotopic (exact) mass is 452 g/mol. The van der Waals surface area contributed by atoms with Crippen molar-refractivity contribution in [3.05, 3.63) is 72.0 Å². The van der Waals surface area contributed by atoms with Gasteiger partial charge in [0.25, 0.3) is 0 Å². The van der Waals surface area contributed by atoms with Crippen LogP contribution in [0.3, 0.4) is 0 Å². The van der Waals surface area contributed by atoms with Crippen molar-refractivity contribution in [2.45, 2.75) is 13.3 Å². The molecule has 145 valence electrons. The smallest absolute Gasteiger partial charge is 0.129 e. The quantitative estimate of drug-likeness (QED) is 0.621. The minimum absolute atomic E-state index is 0. The van der Waals surface area contributed by atoms with Crippen molar-refractivity contribution in [2.75, 3.05) is 29.9 Å². The van der Waals surface area contributed by atoms with Crippen LogP contribution in [0.15, 0.2) is 60.7 Å². The minimum atomic E-state index is 0. The van der Waals surface area contributed by atoms with E-state index in [2.05, 4.69) is 46.9 Å². The van der Waals surface area contributed by atoms with Gasteiger partial charge in [-0.25, -0.2) is 4.98 Å². The zero-order valence-corrected chi connectivity index (χ0v) is 19.1. The average molecular weight is 452 g/mol. The molecule has 0 saturated carbocycles. The number of aromatic nitrogens is 1. The van der Waals surface area contributed by atoms with Crippen LogP contribution in [0.1, 0.15) is 12.0 Å². The van der Waals surface area contributed by atoms with Gasteiger partial charge in [-0.05, 0) is 54.7 Å². The van der Waals surface area contributed by atoms with E-state index in [0.29, 0.717) is 24.7 Å². The maximum Gasteiger partial charge on any atom is 0.129 e. The summed E-state index contributed by atoms with van der Waals surface area (Å²) in [6, 6.07) is 10.4. The summed E-state index contributed by atoms with van der Waals surface area (Å²) in [4.78, 5) is 6.67. The molecule has 1 unspecified atom stereocenters. The number of nitrogens with zero attached hydrogens (tertiary/aromatic N) is 2. The van der Waals surface area contributed by atoms with Crippen LogP contribution in [0.4, 0.5) is 11.5 Å². The van der Waals surface area contributed by atoms with Gasteiger partial charge in [0.2, 0.25) is 0 Å². The molecular formula is C21H27N6Y-. The summed E-state index contributed by atoms with van der Waals surface area (Å²) in [6.45, 7) is 7.93. The van der Waals surface area contributed by atoms with Gasteiger partial charge in [-0.2, -0.15) is 0 Å². The summed E-state index contributed by atoms with van der Waals surface area (Å²) < 4.78 is 0. The zero-order valence-electron chi connectivity index (χ0n) is 16.3. The summed E-state index contributed by atoms with van der Waals surface area (Å²) in [6.07, 6.45) is 4.41. The molecule has 1 aliphatic heterocycles. The molecule has 1 fully saturated rings. The van der Waals surface area contributed by atoms with E-state index in [1.165, 1.54) is 11.3 Å². The number of benzene rings is 1. The molecule has 6 N–H and O–H groups in total. The molecule has 0 spiro atoms. The van der Waals surface area contributed by atoms with Gasteiger partial charge in [0.1, 0.15) is 5.82 Å². The normalized spacial score (nSPS) is 16.8. The molecule has 7 heteroatoms. The average Bonchev–Trinajstić information content (AvgIpc) is 3.07. The van der Waals surface area contributed by atoms with Crippen molar-refractivity contribution in [3.63, 3.8) is 0 Å². The summed E-state index contributed by atoms with van der Waals surface area (Å²) in [7, 11) is 0. The molecule has 1 atom stereocenters. The van der Waals surface area contributed by atoms with Crippen molar-refractivity contribution in [1.29, 1.82) is 0 Å². The number of hydrogen-bond donors (Lipinski definition) is 3. The molecule has 28 heavy (non-hydrogen) atoms. The van der Waals surface area contributed by atoms with E-state index in [9.17, 15) is 0 Å². The Morgan fingerprint density at radius 1 is 1.36 bits per heavy atom. The van der Waals surface area contributed by atoms with Crippen LogP contribution in [0.25, 0.3) is 16.9 Å². The fourth-order valence-corrected chi connectivity index (χ4v) is 3.31. The molecule has 1 saturated heterocycles. The maximum absolute atomic E-state index is 7.63. The van der Waals surface area contributed by atoms with E-state index in [1.807, 2.05) is 18.3 Å². The summed E-state index contributed by atoms with van der Waals surface area (Å²) in [5.74, 6) is 1.10. The predicted molar refractivity (Wildman–Crippen MR) is 113 cm³/mol. The van der Waals surface area contributed by atoms with Gasteiger partial charge in [-0.3, -0.25) is 0 Å². The molecule has 0 bridgehead atoms. The third kappa shape index (κ3) is 5.20. The molecule has 0 aliphatic carbocycles. The van der Waals surface area contributed by atoms with Gasteiger partial charge < -0.3 is 27.4 Å². The van der Waals surface area contributed by atoms with Crippen molar-refractivity contribution in [2.24, 2.45) is 17.4 Å². The van der Waals surface area contributed by atoms with Crippen molar-refractivity contribution < 1.29 is 32.7 Å². The fraction of sp³-hybridized carbons (Fsp3) is 0.286. The van der Waals surface area contributed by atoms with Gasteiger partial charge in [-0.15, -0.1) is 6.54 Å². The first-order chi connectivity index (χ1) is 13.0. The number of rotatable bonds is 6. The number of nitrogens with one attached hydrogen (secondary N) is 2. The Kier molecular flexibility index (Phi) is 8.19. The van der Waals surface area contributed by atoms with Crippen LogP contribution in [-0.2, 0) is 32.7 Å². The first kappa shape index (κ1) is 22.6. The second-order valence-electron chi connectivity index (χ2n) is 6.95. The molecule has 1 radical (unpaired) electrons. The second kappa shape index (κ2) is 10.2. The summed E-state index contributed by atoms with van der Waals surface area (Å²) in [5, 5.41) is 3.04. The van der Waals surface area contributed by atoms with Gasteiger partial charge in [0, 0.05) is 80.8 Å².